The zero-order chi connectivity index (χ0) is 21.5. The molecule has 0 radical (unpaired) electrons. The molecule has 1 amide bonds. The Bertz CT molecular complexity index is 1130. The van der Waals surface area contributed by atoms with Crippen LogP contribution in [0.3, 0.4) is 0 Å². The number of aryl methyl sites for hydroxylation is 2. The van der Waals surface area contributed by atoms with Crippen molar-refractivity contribution in [3.8, 4) is 0 Å². The Morgan fingerprint density at radius 2 is 2.03 bits per heavy atom. The van der Waals surface area contributed by atoms with Gasteiger partial charge in [0.1, 0.15) is 0 Å². The number of nitrogens with zero attached hydrogens (tertiary/aromatic N) is 2. The van der Waals surface area contributed by atoms with Crippen LogP contribution in [0, 0.1) is 13.8 Å². The maximum atomic E-state index is 12.6. The molecule has 2 aromatic carbocycles. The van der Waals surface area contributed by atoms with Crippen molar-refractivity contribution >= 4 is 55.6 Å². The Morgan fingerprint density at radius 1 is 1.23 bits per heavy atom. The van der Waals surface area contributed by atoms with E-state index in [0.29, 0.717) is 10.2 Å². The van der Waals surface area contributed by atoms with E-state index in [1.807, 2.05) is 49.1 Å². The van der Waals surface area contributed by atoms with Crippen LogP contribution in [-0.4, -0.2) is 48.8 Å². The SMILES string of the molecule is Cc1ccc(C)c(NC(=O)CSC2=N[C@@H]3CS(=O)(=O)C[C@H]3N2c2cccc(Cl)c2)c1. The number of hydrogen-bond donors (Lipinski definition) is 1. The van der Waals surface area contributed by atoms with Crippen LogP contribution in [0.1, 0.15) is 11.1 Å². The minimum Gasteiger partial charge on any atom is -0.325 e. The van der Waals surface area contributed by atoms with Gasteiger partial charge >= 0.3 is 0 Å². The molecule has 2 aliphatic rings. The molecule has 4 rings (SSSR count). The maximum absolute atomic E-state index is 12.6. The molecule has 2 atom stereocenters. The Balaban J connectivity index is 1.51. The second-order valence-corrected chi connectivity index (χ2v) is 11.2. The number of fused-ring (bicyclic) bond motifs is 1. The van der Waals surface area contributed by atoms with Crippen LogP contribution >= 0.6 is 23.4 Å². The topological polar surface area (TPSA) is 78.8 Å². The van der Waals surface area contributed by atoms with Gasteiger partial charge in [-0.1, -0.05) is 41.6 Å². The first kappa shape index (κ1) is 21.2. The van der Waals surface area contributed by atoms with Crippen LogP contribution in [0.15, 0.2) is 47.5 Å². The van der Waals surface area contributed by atoms with E-state index in [-0.39, 0.29) is 35.2 Å². The first-order valence-corrected chi connectivity index (χ1v) is 12.7. The van der Waals surface area contributed by atoms with Crippen molar-refractivity contribution < 1.29 is 13.2 Å². The fraction of sp³-hybridized carbons (Fsp3) is 0.333. The number of anilines is 2. The average Bonchev–Trinajstić information content (AvgIpc) is 3.14. The van der Waals surface area contributed by atoms with Crippen molar-refractivity contribution in [3.63, 3.8) is 0 Å². The van der Waals surface area contributed by atoms with Gasteiger partial charge in [-0.05, 0) is 49.2 Å². The van der Waals surface area contributed by atoms with Gasteiger partial charge in [0, 0.05) is 16.4 Å². The second kappa shape index (κ2) is 8.24. The summed E-state index contributed by atoms with van der Waals surface area (Å²) in [4.78, 5) is 19.1. The molecule has 2 aliphatic heterocycles. The van der Waals surface area contributed by atoms with Gasteiger partial charge in [0.25, 0.3) is 0 Å². The third-order valence-corrected chi connectivity index (χ3v) is 8.09. The minimum absolute atomic E-state index is 0.0352. The fourth-order valence-electron chi connectivity index (χ4n) is 3.75. The molecule has 158 valence electrons. The summed E-state index contributed by atoms with van der Waals surface area (Å²) in [6.07, 6.45) is 0. The van der Waals surface area contributed by atoms with Crippen molar-refractivity contribution in [3.05, 3.63) is 58.6 Å². The lowest BCUT2D eigenvalue weighted by molar-refractivity contribution is -0.113. The molecular formula is C21H22ClN3O3S2. The molecule has 2 aromatic rings. The highest BCUT2D eigenvalue weighted by Gasteiger charge is 2.47. The second-order valence-electron chi connectivity index (χ2n) is 7.63. The molecule has 0 saturated carbocycles. The number of halogens is 1. The van der Waals surface area contributed by atoms with Crippen LogP contribution in [0.4, 0.5) is 11.4 Å². The van der Waals surface area contributed by atoms with Gasteiger partial charge in [-0.2, -0.15) is 0 Å². The van der Waals surface area contributed by atoms with Crippen molar-refractivity contribution in [1.29, 1.82) is 0 Å². The Labute approximate surface area is 185 Å². The van der Waals surface area contributed by atoms with Crippen LogP contribution in [0.2, 0.25) is 5.02 Å². The largest absolute Gasteiger partial charge is 0.325 e. The third-order valence-electron chi connectivity index (χ3n) is 5.19. The number of nitrogens with one attached hydrogen (secondary N) is 1. The number of hydrogen-bond acceptors (Lipinski definition) is 6. The van der Waals surface area contributed by atoms with E-state index in [4.69, 9.17) is 11.6 Å². The molecular weight excluding hydrogens is 442 g/mol. The zero-order valence-corrected chi connectivity index (χ0v) is 19.0. The molecule has 0 bridgehead atoms. The van der Waals surface area contributed by atoms with Crippen molar-refractivity contribution in [2.45, 2.75) is 25.9 Å². The predicted molar refractivity (Wildman–Crippen MR) is 125 cm³/mol. The van der Waals surface area contributed by atoms with Gasteiger partial charge in [0.15, 0.2) is 15.0 Å². The summed E-state index contributed by atoms with van der Waals surface area (Å²) in [6.45, 7) is 3.93. The molecule has 1 saturated heterocycles. The summed E-state index contributed by atoms with van der Waals surface area (Å²) in [6, 6.07) is 12.6. The predicted octanol–water partition coefficient (Wildman–Crippen LogP) is 3.67. The van der Waals surface area contributed by atoms with Gasteiger partial charge in [-0.3, -0.25) is 9.79 Å². The van der Waals surface area contributed by atoms with Gasteiger partial charge in [0.05, 0.1) is 29.3 Å². The lowest BCUT2D eigenvalue weighted by atomic mass is 10.1. The number of amidine groups is 1. The summed E-state index contributed by atoms with van der Waals surface area (Å²) in [5, 5.41) is 4.17. The smallest absolute Gasteiger partial charge is 0.234 e. The normalized spacial score (nSPS) is 22.0. The maximum Gasteiger partial charge on any atom is 0.234 e. The summed E-state index contributed by atoms with van der Waals surface area (Å²) < 4.78 is 24.3. The number of benzene rings is 2. The lowest BCUT2D eigenvalue weighted by Gasteiger charge is -2.26. The standard InChI is InChI=1S/C21H22ClN3O3S2/c1-13-6-7-14(2)17(8-13)23-20(26)10-29-21-24-18-11-30(27,28)12-19(18)25(21)16-5-3-4-15(22)9-16/h3-9,18-19H,10-12H2,1-2H3,(H,23,26)/t18-,19-/m1/s1. The third kappa shape index (κ3) is 4.50. The number of thioether (sulfide) groups is 1. The van der Waals surface area contributed by atoms with Crippen molar-refractivity contribution in [2.24, 2.45) is 4.99 Å². The zero-order valence-electron chi connectivity index (χ0n) is 16.6. The minimum atomic E-state index is -3.13. The summed E-state index contributed by atoms with van der Waals surface area (Å²) in [5.74, 6) is 0.127. The highest BCUT2D eigenvalue weighted by atomic mass is 35.5. The van der Waals surface area contributed by atoms with Gasteiger partial charge in [0.2, 0.25) is 5.91 Å². The van der Waals surface area contributed by atoms with Crippen molar-refractivity contribution in [2.75, 3.05) is 27.5 Å². The highest BCUT2D eigenvalue weighted by Crippen LogP contribution is 2.36. The van der Waals surface area contributed by atoms with Gasteiger partial charge in [-0.25, -0.2) is 8.42 Å². The number of carbonyl (C=O) groups excluding carboxylic acids is 1. The highest BCUT2D eigenvalue weighted by molar-refractivity contribution is 8.14. The summed E-state index contributed by atoms with van der Waals surface area (Å²) >= 11 is 7.47. The number of rotatable bonds is 4. The van der Waals surface area contributed by atoms with Crippen LogP contribution < -0.4 is 10.2 Å². The molecule has 30 heavy (non-hydrogen) atoms. The van der Waals surface area contributed by atoms with E-state index in [9.17, 15) is 13.2 Å². The van der Waals surface area contributed by atoms with Crippen LogP contribution in [-0.2, 0) is 14.6 Å². The molecule has 6 nitrogen and oxygen atoms in total. The number of aliphatic imine (C=N–C) groups is 1. The number of amides is 1. The summed E-state index contributed by atoms with van der Waals surface area (Å²) in [5.41, 5.74) is 3.65. The Hall–Kier alpha value is -2.03. The van der Waals surface area contributed by atoms with E-state index in [1.54, 1.807) is 12.1 Å². The van der Waals surface area contributed by atoms with Crippen molar-refractivity contribution in [1.82, 2.24) is 0 Å². The lowest BCUT2D eigenvalue weighted by Crippen LogP contribution is -2.39. The Morgan fingerprint density at radius 3 is 2.80 bits per heavy atom. The van der Waals surface area contributed by atoms with E-state index in [0.717, 1.165) is 22.5 Å². The monoisotopic (exact) mass is 463 g/mol. The summed E-state index contributed by atoms with van der Waals surface area (Å²) in [7, 11) is -3.13. The molecule has 2 heterocycles. The molecule has 0 spiro atoms. The molecule has 0 unspecified atom stereocenters. The Kier molecular flexibility index (Phi) is 5.83. The molecule has 1 fully saturated rings. The molecule has 0 aliphatic carbocycles. The molecule has 9 heteroatoms. The number of carbonyl (C=O) groups is 1. The van der Waals surface area contributed by atoms with Gasteiger partial charge in [-0.15, -0.1) is 0 Å². The molecule has 1 N–H and O–H groups in total. The quantitative estimate of drug-likeness (QED) is 0.748. The van der Waals surface area contributed by atoms with E-state index in [1.165, 1.54) is 11.8 Å². The van der Waals surface area contributed by atoms with Gasteiger partial charge < -0.3 is 10.2 Å². The average molecular weight is 464 g/mol. The number of sulfone groups is 1. The fourth-order valence-corrected chi connectivity index (χ4v) is 6.70. The van der Waals surface area contributed by atoms with E-state index in [2.05, 4.69) is 10.3 Å². The molecule has 0 aromatic heterocycles. The van der Waals surface area contributed by atoms with Crippen LogP contribution in [0.25, 0.3) is 0 Å². The van der Waals surface area contributed by atoms with Crippen LogP contribution in [0.5, 0.6) is 0 Å². The first-order valence-electron chi connectivity index (χ1n) is 9.55. The van der Waals surface area contributed by atoms with E-state index < -0.39 is 9.84 Å². The van der Waals surface area contributed by atoms with E-state index >= 15 is 0 Å². The first-order chi connectivity index (χ1) is 14.2.